The van der Waals surface area contributed by atoms with Gasteiger partial charge in [-0.25, -0.2) is 4.98 Å². The van der Waals surface area contributed by atoms with Gasteiger partial charge in [-0.1, -0.05) is 6.07 Å². The number of carbonyl (C=O) groups is 2. The molecule has 0 radical (unpaired) electrons. The second-order valence-electron chi connectivity index (χ2n) is 7.01. The van der Waals surface area contributed by atoms with Gasteiger partial charge in [0.2, 0.25) is 11.8 Å². The van der Waals surface area contributed by atoms with Crippen molar-refractivity contribution in [1.29, 1.82) is 0 Å². The van der Waals surface area contributed by atoms with E-state index in [1.54, 1.807) is 6.20 Å². The van der Waals surface area contributed by atoms with Gasteiger partial charge in [-0.3, -0.25) is 9.59 Å². The first kappa shape index (κ1) is 15.9. The maximum atomic E-state index is 12.6. The Labute approximate surface area is 146 Å². The Morgan fingerprint density at radius 1 is 1.36 bits per heavy atom. The maximum Gasteiger partial charge on any atom is 0.232 e. The summed E-state index contributed by atoms with van der Waals surface area (Å²) in [6.07, 6.45) is 5.05. The van der Waals surface area contributed by atoms with Crippen LogP contribution in [-0.4, -0.2) is 21.4 Å². The minimum Gasteiger partial charge on any atom is -0.325 e. The first-order chi connectivity index (χ1) is 12.0. The number of benzene rings is 1. The Balaban J connectivity index is 1.52. The van der Waals surface area contributed by atoms with Crippen molar-refractivity contribution in [2.24, 2.45) is 0 Å². The number of anilines is 2. The Kier molecular flexibility index (Phi) is 3.82. The summed E-state index contributed by atoms with van der Waals surface area (Å²) in [6, 6.07) is 4.02. The van der Waals surface area contributed by atoms with E-state index in [1.807, 2.05) is 19.9 Å². The molecule has 1 aromatic carbocycles. The van der Waals surface area contributed by atoms with Crippen LogP contribution in [0, 0.1) is 13.8 Å². The first-order valence-corrected chi connectivity index (χ1v) is 8.79. The molecule has 0 bridgehead atoms. The van der Waals surface area contributed by atoms with Crippen LogP contribution in [0.15, 0.2) is 18.3 Å². The molecule has 25 heavy (non-hydrogen) atoms. The van der Waals surface area contributed by atoms with Crippen LogP contribution in [0.2, 0.25) is 0 Å². The molecule has 2 N–H and O–H groups in total. The zero-order chi connectivity index (χ0) is 17.6. The van der Waals surface area contributed by atoms with Crippen LogP contribution in [0.25, 0.3) is 0 Å². The lowest BCUT2D eigenvalue weighted by atomic mass is 9.92. The number of hydrogen-bond donors (Lipinski definition) is 2. The third-order valence-corrected chi connectivity index (χ3v) is 5.08. The molecule has 2 aliphatic rings. The summed E-state index contributed by atoms with van der Waals surface area (Å²) in [6.45, 7) is 4.88. The highest BCUT2D eigenvalue weighted by molar-refractivity contribution is 6.06. The summed E-state index contributed by atoms with van der Waals surface area (Å²) in [5.74, 6) is 1.07. The summed E-state index contributed by atoms with van der Waals surface area (Å²) in [4.78, 5) is 29.3. The highest BCUT2D eigenvalue weighted by atomic mass is 16.2. The van der Waals surface area contributed by atoms with Crippen molar-refractivity contribution in [3.8, 4) is 0 Å². The quantitative estimate of drug-likeness (QED) is 0.903. The molecule has 0 spiro atoms. The number of nitrogens with zero attached hydrogens (tertiary/aromatic N) is 2. The van der Waals surface area contributed by atoms with Crippen molar-refractivity contribution in [3.05, 3.63) is 40.8 Å². The van der Waals surface area contributed by atoms with Gasteiger partial charge in [0, 0.05) is 25.1 Å². The normalized spacial score (nSPS) is 18.5. The van der Waals surface area contributed by atoms with E-state index in [1.165, 1.54) is 0 Å². The van der Waals surface area contributed by atoms with E-state index in [0.29, 0.717) is 0 Å². The summed E-state index contributed by atoms with van der Waals surface area (Å²) < 4.78 is 2.07. The molecule has 0 aliphatic carbocycles. The van der Waals surface area contributed by atoms with Gasteiger partial charge in [-0.2, -0.15) is 0 Å². The van der Waals surface area contributed by atoms with Gasteiger partial charge >= 0.3 is 0 Å². The fraction of sp³-hybridized carbons (Fsp3) is 0.421. The molecule has 2 aliphatic heterocycles. The average Bonchev–Trinajstić information content (AvgIpc) is 3.09. The third-order valence-electron chi connectivity index (χ3n) is 5.08. The Morgan fingerprint density at radius 3 is 3.04 bits per heavy atom. The van der Waals surface area contributed by atoms with E-state index in [4.69, 9.17) is 0 Å². The van der Waals surface area contributed by atoms with Crippen molar-refractivity contribution in [3.63, 3.8) is 0 Å². The molecule has 0 saturated heterocycles. The molecule has 2 amide bonds. The monoisotopic (exact) mass is 338 g/mol. The number of nitrogens with one attached hydrogen (secondary N) is 2. The summed E-state index contributed by atoms with van der Waals surface area (Å²) >= 11 is 0. The average molecular weight is 338 g/mol. The fourth-order valence-electron chi connectivity index (χ4n) is 3.99. The van der Waals surface area contributed by atoms with Crippen molar-refractivity contribution in [1.82, 2.24) is 9.55 Å². The number of fused-ring (bicyclic) bond motifs is 2. The van der Waals surface area contributed by atoms with Gasteiger partial charge in [-0.15, -0.1) is 0 Å². The maximum absolute atomic E-state index is 12.6. The van der Waals surface area contributed by atoms with Crippen molar-refractivity contribution in [2.45, 2.75) is 52.0 Å². The Hall–Kier alpha value is -2.63. The largest absolute Gasteiger partial charge is 0.325 e. The molecule has 130 valence electrons. The van der Waals surface area contributed by atoms with E-state index in [9.17, 15) is 9.59 Å². The third kappa shape index (κ3) is 2.81. The highest BCUT2D eigenvalue weighted by Gasteiger charge is 2.34. The van der Waals surface area contributed by atoms with Crippen molar-refractivity contribution >= 4 is 23.3 Å². The molecule has 0 saturated carbocycles. The van der Waals surface area contributed by atoms with Crippen LogP contribution < -0.4 is 10.6 Å². The van der Waals surface area contributed by atoms with Crippen LogP contribution in [0.3, 0.4) is 0 Å². The number of aryl methyl sites for hydroxylation is 3. The number of hydrogen-bond acceptors (Lipinski definition) is 3. The van der Waals surface area contributed by atoms with Gasteiger partial charge < -0.3 is 15.2 Å². The summed E-state index contributed by atoms with van der Waals surface area (Å²) in [7, 11) is 0. The molecule has 1 unspecified atom stereocenters. The lowest BCUT2D eigenvalue weighted by molar-refractivity contribution is -0.122. The summed E-state index contributed by atoms with van der Waals surface area (Å²) in [5, 5.41) is 5.85. The van der Waals surface area contributed by atoms with E-state index in [-0.39, 0.29) is 18.2 Å². The van der Waals surface area contributed by atoms with Gasteiger partial charge in [-0.05, 0) is 49.4 Å². The lowest BCUT2D eigenvalue weighted by Crippen LogP contribution is -2.22. The number of aromatic nitrogens is 2. The molecular weight excluding hydrogens is 316 g/mol. The minimum absolute atomic E-state index is 0.103. The topological polar surface area (TPSA) is 76.0 Å². The van der Waals surface area contributed by atoms with Crippen LogP contribution in [0.1, 0.15) is 47.7 Å². The molecule has 2 aromatic rings. The van der Waals surface area contributed by atoms with Crippen molar-refractivity contribution in [2.75, 3.05) is 10.6 Å². The number of rotatable bonds is 3. The number of amides is 2. The van der Waals surface area contributed by atoms with Crippen LogP contribution in [-0.2, 0) is 22.6 Å². The molecule has 4 rings (SSSR count). The molecular formula is C19H22N4O2. The van der Waals surface area contributed by atoms with E-state index >= 15 is 0 Å². The standard InChI is InChI=1S/C19H22N4O2/c1-11-7-12(2)18-13(19(25)21-14(18)8-11)9-17(24)22-16-10-20-15-5-3-4-6-23(15)16/h7-8,10,13H,3-6,9H2,1-2H3,(H,21,25)(H,22,24). The van der Waals surface area contributed by atoms with Gasteiger partial charge in [0.25, 0.3) is 0 Å². The van der Waals surface area contributed by atoms with E-state index in [2.05, 4.69) is 26.3 Å². The highest BCUT2D eigenvalue weighted by Crippen LogP contribution is 2.38. The second kappa shape index (κ2) is 6.02. The zero-order valence-corrected chi connectivity index (χ0v) is 14.6. The van der Waals surface area contributed by atoms with Gasteiger partial charge in [0.05, 0.1) is 12.1 Å². The minimum atomic E-state index is -0.431. The SMILES string of the molecule is Cc1cc(C)c2c(c1)NC(=O)C2CC(=O)Nc1cnc2n1CCCC2. The van der Waals surface area contributed by atoms with Crippen LogP contribution >= 0.6 is 0 Å². The lowest BCUT2D eigenvalue weighted by Gasteiger charge is -2.17. The molecule has 0 fully saturated rings. The molecule has 6 nitrogen and oxygen atoms in total. The van der Waals surface area contributed by atoms with Crippen LogP contribution in [0.4, 0.5) is 11.5 Å². The molecule has 3 heterocycles. The molecule has 1 aromatic heterocycles. The second-order valence-corrected chi connectivity index (χ2v) is 7.01. The Morgan fingerprint density at radius 2 is 2.20 bits per heavy atom. The van der Waals surface area contributed by atoms with Crippen molar-refractivity contribution < 1.29 is 9.59 Å². The predicted molar refractivity (Wildman–Crippen MR) is 95.7 cm³/mol. The first-order valence-electron chi connectivity index (χ1n) is 8.79. The molecule has 1 atom stereocenters. The van der Waals surface area contributed by atoms with E-state index < -0.39 is 5.92 Å². The summed E-state index contributed by atoms with van der Waals surface area (Å²) in [5.41, 5.74) is 3.93. The number of carbonyl (C=O) groups excluding carboxylic acids is 2. The predicted octanol–water partition coefficient (Wildman–Crippen LogP) is 2.90. The smallest absolute Gasteiger partial charge is 0.232 e. The fourth-order valence-corrected chi connectivity index (χ4v) is 3.99. The zero-order valence-electron chi connectivity index (χ0n) is 14.6. The number of imidazole rings is 1. The van der Waals surface area contributed by atoms with E-state index in [0.717, 1.165) is 59.8 Å². The molecule has 6 heteroatoms. The van der Waals surface area contributed by atoms with Gasteiger partial charge in [0.15, 0.2) is 0 Å². The van der Waals surface area contributed by atoms with Crippen LogP contribution in [0.5, 0.6) is 0 Å². The van der Waals surface area contributed by atoms with Gasteiger partial charge in [0.1, 0.15) is 11.6 Å². The Bertz CT molecular complexity index is 869.